The molecule has 1 heterocycles. The second kappa shape index (κ2) is 6.68. The van der Waals surface area contributed by atoms with Crippen molar-refractivity contribution in [2.24, 2.45) is 0 Å². The molecule has 0 radical (unpaired) electrons. The average Bonchev–Trinajstić information content (AvgIpc) is 2.43. The molecule has 2 aromatic rings. The number of thiocarbonyl (C=S) groups is 1. The third-order valence-electron chi connectivity index (χ3n) is 2.92. The Kier molecular flexibility index (Phi) is 4.93. The summed E-state index contributed by atoms with van der Waals surface area (Å²) < 4.78 is 0. The smallest absolute Gasteiger partial charge is 0.172 e. The molecule has 20 heavy (non-hydrogen) atoms. The van der Waals surface area contributed by atoms with E-state index in [2.05, 4.69) is 34.7 Å². The van der Waals surface area contributed by atoms with Gasteiger partial charge in [0.25, 0.3) is 0 Å². The van der Waals surface area contributed by atoms with Gasteiger partial charge in [-0.1, -0.05) is 41.9 Å². The van der Waals surface area contributed by atoms with Gasteiger partial charge in [0.15, 0.2) is 5.11 Å². The highest BCUT2D eigenvalue weighted by Crippen LogP contribution is 2.17. The van der Waals surface area contributed by atoms with E-state index in [1.807, 2.05) is 31.2 Å². The minimum atomic E-state index is 0.129. The lowest BCUT2D eigenvalue weighted by Gasteiger charge is -2.17. The molecule has 0 fully saturated rings. The zero-order valence-electron chi connectivity index (χ0n) is 11.4. The van der Waals surface area contributed by atoms with Gasteiger partial charge < -0.3 is 10.6 Å². The van der Waals surface area contributed by atoms with E-state index in [0.717, 1.165) is 5.56 Å². The van der Waals surface area contributed by atoms with Crippen LogP contribution < -0.4 is 10.6 Å². The Balaban J connectivity index is 1.99. The van der Waals surface area contributed by atoms with E-state index in [1.54, 1.807) is 6.20 Å². The molecule has 1 aromatic heterocycles. The number of hydrogen-bond acceptors (Lipinski definition) is 2. The van der Waals surface area contributed by atoms with Gasteiger partial charge in [-0.25, -0.2) is 4.98 Å². The minimum Gasteiger partial charge on any atom is -0.356 e. The van der Waals surface area contributed by atoms with Crippen molar-refractivity contribution in [3.05, 3.63) is 58.7 Å². The summed E-state index contributed by atoms with van der Waals surface area (Å²) >= 11 is 11.2. The Hall–Kier alpha value is -1.65. The van der Waals surface area contributed by atoms with Crippen LogP contribution >= 0.6 is 23.8 Å². The number of benzene rings is 1. The molecule has 0 unspecified atom stereocenters. The van der Waals surface area contributed by atoms with Crippen LogP contribution in [0.15, 0.2) is 42.6 Å². The van der Waals surface area contributed by atoms with Gasteiger partial charge in [-0.3, -0.25) is 0 Å². The van der Waals surface area contributed by atoms with Crippen molar-refractivity contribution in [3.63, 3.8) is 0 Å². The summed E-state index contributed by atoms with van der Waals surface area (Å²) in [5.74, 6) is 0.715. The SMILES string of the molecule is Cc1cc(Cl)cnc1NC(=S)N[C@@H](C)c1ccccc1. The van der Waals surface area contributed by atoms with Crippen LogP contribution in [0.5, 0.6) is 0 Å². The first-order valence-electron chi connectivity index (χ1n) is 6.31. The van der Waals surface area contributed by atoms with Gasteiger partial charge in [0.2, 0.25) is 0 Å². The first-order valence-corrected chi connectivity index (χ1v) is 7.09. The molecule has 104 valence electrons. The van der Waals surface area contributed by atoms with E-state index in [1.165, 1.54) is 5.56 Å². The molecule has 0 aliphatic heterocycles. The van der Waals surface area contributed by atoms with Crippen molar-refractivity contribution < 1.29 is 0 Å². The van der Waals surface area contributed by atoms with Crippen molar-refractivity contribution in [2.45, 2.75) is 19.9 Å². The van der Waals surface area contributed by atoms with E-state index in [9.17, 15) is 0 Å². The molecule has 2 N–H and O–H groups in total. The number of halogens is 1. The molecule has 0 bridgehead atoms. The van der Waals surface area contributed by atoms with E-state index in [4.69, 9.17) is 23.8 Å². The Bertz CT molecular complexity index is 601. The number of hydrogen-bond donors (Lipinski definition) is 2. The van der Waals surface area contributed by atoms with Crippen LogP contribution in [0.4, 0.5) is 5.82 Å². The average molecular weight is 306 g/mol. The van der Waals surface area contributed by atoms with Crippen LogP contribution in [-0.4, -0.2) is 10.1 Å². The lowest BCUT2D eigenvalue weighted by Crippen LogP contribution is -2.31. The van der Waals surface area contributed by atoms with Gasteiger partial charge in [-0.2, -0.15) is 0 Å². The normalized spacial score (nSPS) is 11.8. The molecule has 3 nitrogen and oxygen atoms in total. The largest absolute Gasteiger partial charge is 0.356 e. The van der Waals surface area contributed by atoms with Crippen LogP contribution in [0, 0.1) is 6.92 Å². The molecule has 0 saturated heterocycles. The Morgan fingerprint density at radius 2 is 2.00 bits per heavy atom. The zero-order chi connectivity index (χ0) is 14.5. The first kappa shape index (κ1) is 14.8. The fourth-order valence-electron chi connectivity index (χ4n) is 1.84. The van der Waals surface area contributed by atoms with Gasteiger partial charge in [-0.15, -0.1) is 0 Å². The maximum atomic E-state index is 5.88. The fraction of sp³-hybridized carbons (Fsp3) is 0.200. The summed E-state index contributed by atoms with van der Waals surface area (Å²) in [5.41, 5.74) is 2.13. The summed E-state index contributed by atoms with van der Waals surface area (Å²) in [4.78, 5) is 4.23. The minimum absolute atomic E-state index is 0.129. The van der Waals surface area contributed by atoms with Crippen molar-refractivity contribution in [2.75, 3.05) is 5.32 Å². The van der Waals surface area contributed by atoms with E-state index in [0.29, 0.717) is 16.0 Å². The number of nitrogens with zero attached hydrogens (tertiary/aromatic N) is 1. The van der Waals surface area contributed by atoms with Gasteiger partial charge in [0, 0.05) is 6.20 Å². The number of aromatic nitrogens is 1. The zero-order valence-corrected chi connectivity index (χ0v) is 12.9. The quantitative estimate of drug-likeness (QED) is 0.838. The number of nitrogens with one attached hydrogen (secondary N) is 2. The molecule has 0 aliphatic carbocycles. The molecule has 0 amide bonds. The first-order chi connectivity index (χ1) is 9.56. The van der Waals surface area contributed by atoms with Crippen LogP contribution in [0.3, 0.4) is 0 Å². The fourth-order valence-corrected chi connectivity index (χ4v) is 2.32. The second-order valence-electron chi connectivity index (χ2n) is 4.55. The summed E-state index contributed by atoms with van der Waals surface area (Å²) in [7, 11) is 0. The van der Waals surface area contributed by atoms with Crippen LogP contribution in [0.25, 0.3) is 0 Å². The summed E-state index contributed by atoms with van der Waals surface area (Å²) in [5, 5.41) is 7.48. The number of aryl methyl sites for hydroxylation is 1. The third-order valence-corrected chi connectivity index (χ3v) is 3.35. The predicted molar refractivity (Wildman–Crippen MR) is 88.2 cm³/mol. The van der Waals surface area contributed by atoms with E-state index < -0.39 is 0 Å². The van der Waals surface area contributed by atoms with Crippen LogP contribution in [-0.2, 0) is 0 Å². The van der Waals surface area contributed by atoms with Crippen LogP contribution in [0.2, 0.25) is 5.02 Å². The molecule has 1 atom stereocenters. The highest BCUT2D eigenvalue weighted by atomic mass is 35.5. The standard InChI is InChI=1S/C15H16ClN3S/c1-10-8-13(16)9-17-14(10)19-15(20)18-11(2)12-6-4-3-5-7-12/h3-9,11H,1-2H3,(H2,17,18,19,20)/t11-/m0/s1. The molecular formula is C15H16ClN3S. The van der Waals surface area contributed by atoms with Gasteiger partial charge in [0.05, 0.1) is 11.1 Å². The topological polar surface area (TPSA) is 37.0 Å². The number of rotatable bonds is 3. The highest BCUT2D eigenvalue weighted by Gasteiger charge is 2.08. The summed E-state index contributed by atoms with van der Waals surface area (Å²) in [6.07, 6.45) is 1.60. The molecule has 5 heteroatoms. The van der Waals surface area contributed by atoms with Gasteiger partial charge in [0.1, 0.15) is 5.82 Å². The number of pyridine rings is 1. The molecule has 1 aromatic carbocycles. The predicted octanol–water partition coefficient (Wildman–Crippen LogP) is 4.09. The molecule has 0 aliphatic rings. The lowest BCUT2D eigenvalue weighted by molar-refractivity contribution is 0.722. The summed E-state index contributed by atoms with van der Waals surface area (Å²) in [6.45, 7) is 4.00. The van der Waals surface area contributed by atoms with Crippen molar-refractivity contribution in [3.8, 4) is 0 Å². The monoisotopic (exact) mass is 305 g/mol. The van der Waals surface area contributed by atoms with E-state index >= 15 is 0 Å². The second-order valence-corrected chi connectivity index (χ2v) is 5.39. The van der Waals surface area contributed by atoms with Crippen molar-refractivity contribution in [1.82, 2.24) is 10.3 Å². The third kappa shape index (κ3) is 3.92. The molecular weight excluding hydrogens is 290 g/mol. The molecule has 2 rings (SSSR count). The maximum Gasteiger partial charge on any atom is 0.172 e. The molecule has 0 saturated carbocycles. The van der Waals surface area contributed by atoms with Gasteiger partial charge >= 0.3 is 0 Å². The van der Waals surface area contributed by atoms with Crippen molar-refractivity contribution in [1.29, 1.82) is 0 Å². The maximum absolute atomic E-state index is 5.88. The number of anilines is 1. The highest BCUT2D eigenvalue weighted by molar-refractivity contribution is 7.80. The van der Waals surface area contributed by atoms with Crippen molar-refractivity contribution >= 4 is 34.7 Å². The molecule has 0 spiro atoms. The Labute approximate surface area is 129 Å². The Morgan fingerprint density at radius 1 is 1.30 bits per heavy atom. The Morgan fingerprint density at radius 3 is 2.65 bits per heavy atom. The van der Waals surface area contributed by atoms with Crippen LogP contribution in [0.1, 0.15) is 24.1 Å². The summed E-state index contributed by atoms with van der Waals surface area (Å²) in [6, 6.07) is 12.1. The van der Waals surface area contributed by atoms with Gasteiger partial charge in [-0.05, 0) is 43.3 Å². The van der Waals surface area contributed by atoms with E-state index in [-0.39, 0.29) is 6.04 Å². The lowest BCUT2D eigenvalue weighted by atomic mass is 10.1.